The summed E-state index contributed by atoms with van der Waals surface area (Å²) in [5, 5.41) is 5.09. The molecule has 94 valence electrons. The van der Waals surface area contributed by atoms with E-state index in [1.165, 1.54) is 29.5 Å². The van der Waals surface area contributed by atoms with Crippen molar-refractivity contribution in [1.82, 2.24) is 4.98 Å². The molecule has 2 aromatic rings. The minimum absolute atomic E-state index is 0.289. The second-order valence-electron chi connectivity index (χ2n) is 3.54. The van der Waals surface area contributed by atoms with Crippen LogP contribution in [0.15, 0.2) is 29.6 Å². The molecule has 0 spiro atoms. The minimum atomic E-state index is -0.426. The standard InChI is InChI=1S/C12H11FN2OS2/c1-17-6-10-7-18-12(14-10)15-11(16)8-3-2-4-9(13)5-8/h2-5,7H,6H2,1H3,(H,14,15,16). The van der Waals surface area contributed by atoms with Gasteiger partial charge < -0.3 is 0 Å². The van der Waals surface area contributed by atoms with E-state index in [9.17, 15) is 9.18 Å². The lowest BCUT2D eigenvalue weighted by atomic mass is 10.2. The number of thiazole rings is 1. The Labute approximate surface area is 112 Å². The third-order valence-corrected chi connectivity index (χ3v) is 3.54. The molecule has 1 heterocycles. The smallest absolute Gasteiger partial charge is 0.257 e. The number of halogens is 1. The summed E-state index contributed by atoms with van der Waals surface area (Å²) in [4.78, 5) is 16.1. The van der Waals surface area contributed by atoms with Crippen LogP contribution in [0.2, 0.25) is 0 Å². The number of nitrogens with zero attached hydrogens (tertiary/aromatic N) is 1. The number of rotatable bonds is 4. The maximum atomic E-state index is 13.0. The lowest BCUT2D eigenvalue weighted by molar-refractivity contribution is 0.102. The van der Waals surface area contributed by atoms with Gasteiger partial charge in [0, 0.05) is 16.7 Å². The second kappa shape index (κ2) is 5.97. The summed E-state index contributed by atoms with van der Waals surface area (Å²) < 4.78 is 13.0. The molecule has 0 saturated heterocycles. The van der Waals surface area contributed by atoms with Gasteiger partial charge >= 0.3 is 0 Å². The summed E-state index contributed by atoms with van der Waals surface area (Å²) in [6.07, 6.45) is 1.99. The highest BCUT2D eigenvalue weighted by Crippen LogP contribution is 2.19. The SMILES string of the molecule is CSCc1csc(NC(=O)c2cccc(F)c2)n1. The van der Waals surface area contributed by atoms with Crippen LogP contribution in [-0.4, -0.2) is 17.1 Å². The van der Waals surface area contributed by atoms with Gasteiger partial charge in [-0.25, -0.2) is 9.37 Å². The topological polar surface area (TPSA) is 42.0 Å². The zero-order valence-electron chi connectivity index (χ0n) is 9.64. The Hall–Kier alpha value is -1.40. The molecule has 0 aliphatic heterocycles. The van der Waals surface area contributed by atoms with Crippen LogP contribution in [0.3, 0.4) is 0 Å². The van der Waals surface area contributed by atoms with Crippen LogP contribution in [0.1, 0.15) is 16.1 Å². The molecule has 6 heteroatoms. The van der Waals surface area contributed by atoms with Gasteiger partial charge in [0.05, 0.1) is 5.69 Å². The number of benzene rings is 1. The van der Waals surface area contributed by atoms with Crippen molar-refractivity contribution in [2.45, 2.75) is 5.75 Å². The van der Waals surface area contributed by atoms with E-state index < -0.39 is 5.82 Å². The van der Waals surface area contributed by atoms with Crippen LogP contribution in [0, 0.1) is 5.82 Å². The first-order chi connectivity index (χ1) is 8.69. The van der Waals surface area contributed by atoms with E-state index in [1.807, 2.05) is 11.6 Å². The lowest BCUT2D eigenvalue weighted by Gasteiger charge is -2.01. The van der Waals surface area contributed by atoms with E-state index in [1.54, 1.807) is 17.8 Å². The highest BCUT2D eigenvalue weighted by molar-refractivity contribution is 7.97. The molecule has 1 aromatic heterocycles. The zero-order valence-corrected chi connectivity index (χ0v) is 11.3. The largest absolute Gasteiger partial charge is 0.298 e. The summed E-state index contributed by atoms with van der Waals surface area (Å²) in [6.45, 7) is 0. The summed E-state index contributed by atoms with van der Waals surface area (Å²) >= 11 is 3.03. The summed E-state index contributed by atoms with van der Waals surface area (Å²) in [5.41, 5.74) is 1.22. The fourth-order valence-corrected chi connectivity index (χ4v) is 2.63. The normalized spacial score (nSPS) is 10.3. The van der Waals surface area contributed by atoms with Crippen LogP contribution < -0.4 is 5.32 Å². The molecule has 0 aliphatic rings. The van der Waals surface area contributed by atoms with Crippen molar-refractivity contribution in [3.8, 4) is 0 Å². The quantitative estimate of drug-likeness (QED) is 0.934. The number of carbonyl (C=O) groups excluding carboxylic acids is 1. The Morgan fingerprint density at radius 1 is 1.56 bits per heavy atom. The Morgan fingerprint density at radius 2 is 2.39 bits per heavy atom. The van der Waals surface area contributed by atoms with Gasteiger partial charge in [0.25, 0.3) is 5.91 Å². The van der Waals surface area contributed by atoms with E-state index in [0.29, 0.717) is 5.13 Å². The van der Waals surface area contributed by atoms with Gasteiger partial charge in [-0.1, -0.05) is 6.07 Å². The summed E-state index contributed by atoms with van der Waals surface area (Å²) in [7, 11) is 0. The van der Waals surface area contributed by atoms with Crippen molar-refractivity contribution in [1.29, 1.82) is 0 Å². The van der Waals surface area contributed by atoms with Gasteiger partial charge in [0.2, 0.25) is 0 Å². The van der Waals surface area contributed by atoms with E-state index in [2.05, 4.69) is 10.3 Å². The van der Waals surface area contributed by atoms with E-state index >= 15 is 0 Å². The molecule has 0 bridgehead atoms. The van der Waals surface area contributed by atoms with Crippen molar-refractivity contribution in [2.75, 3.05) is 11.6 Å². The van der Waals surface area contributed by atoms with Gasteiger partial charge in [0.15, 0.2) is 5.13 Å². The van der Waals surface area contributed by atoms with Gasteiger partial charge in [-0.2, -0.15) is 11.8 Å². The van der Waals surface area contributed by atoms with Crippen LogP contribution in [0.25, 0.3) is 0 Å². The number of hydrogen-bond donors (Lipinski definition) is 1. The Balaban J connectivity index is 2.06. The van der Waals surface area contributed by atoms with Crippen molar-refractivity contribution in [3.63, 3.8) is 0 Å². The molecule has 2 rings (SSSR count). The first-order valence-electron chi connectivity index (χ1n) is 5.19. The van der Waals surface area contributed by atoms with Gasteiger partial charge in [-0.3, -0.25) is 10.1 Å². The molecule has 1 aromatic carbocycles. The van der Waals surface area contributed by atoms with Gasteiger partial charge in [0.1, 0.15) is 5.82 Å². The molecule has 18 heavy (non-hydrogen) atoms. The van der Waals surface area contributed by atoms with Gasteiger partial charge in [-0.15, -0.1) is 11.3 Å². The fourth-order valence-electron chi connectivity index (χ4n) is 1.38. The number of anilines is 1. The van der Waals surface area contributed by atoms with Crippen LogP contribution in [0.4, 0.5) is 9.52 Å². The number of hydrogen-bond acceptors (Lipinski definition) is 4. The number of nitrogens with one attached hydrogen (secondary N) is 1. The molecule has 0 unspecified atom stereocenters. The van der Waals surface area contributed by atoms with E-state index in [-0.39, 0.29) is 11.5 Å². The average Bonchev–Trinajstić information content (AvgIpc) is 2.77. The molecular formula is C12H11FN2OS2. The van der Waals surface area contributed by atoms with Gasteiger partial charge in [-0.05, 0) is 24.5 Å². The lowest BCUT2D eigenvalue weighted by Crippen LogP contribution is -2.11. The Bertz CT molecular complexity index is 557. The zero-order chi connectivity index (χ0) is 13.0. The predicted octanol–water partition coefficient (Wildman–Crippen LogP) is 3.40. The van der Waals surface area contributed by atoms with Crippen molar-refractivity contribution in [2.24, 2.45) is 0 Å². The second-order valence-corrected chi connectivity index (χ2v) is 5.27. The molecule has 0 fully saturated rings. The first-order valence-corrected chi connectivity index (χ1v) is 7.46. The Morgan fingerprint density at radius 3 is 3.11 bits per heavy atom. The summed E-state index contributed by atoms with van der Waals surface area (Å²) in [5.74, 6) is 0.0381. The molecule has 1 amide bonds. The highest BCUT2D eigenvalue weighted by atomic mass is 32.2. The summed E-state index contributed by atoms with van der Waals surface area (Å²) in [6, 6.07) is 5.57. The third kappa shape index (κ3) is 3.30. The number of aromatic nitrogens is 1. The van der Waals surface area contributed by atoms with Crippen molar-refractivity contribution >= 4 is 34.1 Å². The van der Waals surface area contributed by atoms with Crippen molar-refractivity contribution in [3.05, 3.63) is 46.7 Å². The first kappa shape index (κ1) is 13.0. The van der Waals surface area contributed by atoms with Crippen LogP contribution in [0.5, 0.6) is 0 Å². The predicted molar refractivity (Wildman–Crippen MR) is 73.7 cm³/mol. The number of amides is 1. The molecule has 0 saturated carbocycles. The Kier molecular flexibility index (Phi) is 4.33. The maximum absolute atomic E-state index is 13.0. The molecular weight excluding hydrogens is 271 g/mol. The molecule has 3 nitrogen and oxygen atoms in total. The van der Waals surface area contributed by atoms with Crippen molar-refractivity contribution < 1.29 is 9.18 Å². The van der Waals surface area contributed by atoms with E-state index in [4.69, 9.17) is 0 Å². The molecule has 1 N–H and O–H groups in total. The molecule has 0 radical (unpaired) electrons. The number of thioether (sulfide) groups is 1. The average molecular weight is 282 g/mol. The van der Waals surface area contributed by atoms with Crippen LogP contribution >= 0.6 is 23.1 Å². The van der Waals surface area contributed by atoms with E-state index in [0.717, 1.165) is 11.4 Å². The highest BCUT2D eigenvalue weighted by Gasteiger charge is 2.09. The fraction of sp³-hybridized carbons (Fsp3) is 0.167. The third-order valence-electron chi connectivity index (χ3n) is 2.15. The van der Waals surface area contributed by atoms with Crippen LogP contribution in [-0.2, 0) is 5.75 Å². The minimum Gasteiger partial charge on any atom is -0.298 e. The maximum Gasteiger partial charge on any atom is 0.257 e. The molecule has 0 aliphatic carbocycles. The number of carbonyl (C=O) groups is 1. The molecule has 0 atom stereocenters. The monoisotopic (exact) mass is 282 g/mol.